The third kappa shape index (κ3) is 2.94. The van der Waals surface area contributed by atoms with Crippen LogP contribution in [-0.4, -0.2) is 4.98 Å². The van der Waals surface area contributed by atoms with Gasteiger partial charge in [-0.1, -0.05) is 50.2 Å². The summed E-state index contributed by atoms with van der Waals surface area (Å²) in [5, 5.41) is 5.98. The van der Waals surface area contributed by atoms with Crippen molar-refractivity contribution in [3.05, 3.63) is 65.9 Å². The minimum absolute atomic E-state index is 0.557. The molecule has 2 aromatic carbocycles. The predicted molar refractivity (Wildman–Crippen MR) is 97.5 cm³/mol. The Balaban J connectivity index is 1.72. The molecule has 1 heterocycles. The van der Waals surface area contributed by atoms with E-state index < -0.39 is 0 Å². The zero-order valence-corrected chi connectivity index (χ0v) is 13.7. The number of anilines is 2. The maximum Gasteiger partial charge on any atom is 0.138 e. The van der Waals surface area contributed by atoms with E-state index in [2.05, 4.69) is 73.8 Å². The first kappa shape index (κ1) is 14.3. The number of rotatable bonds is 4. The molecule has 1 aliphatic carbocycles. The van der Waals surface area contributed by atoms with Gasteiger partial charge in [0.2, 0.25) is 0 Å². The number of nitrogens with one attached hydrogen (secondary N) is 1. The average molecular weight is 302 g/mol. The highest BCUT2D eigenvalue weighted by atomic mass is 15.0. The molecule has 2 heteroatoms. The van der Waals surface area contributed by atoms with Crippen molar-refractivity contribution in [1.82, 2.24) is 4.98 Å². The molecule has 0 amide bonds. The van der Waals surface area contributed by atoms with E-state index in [4.69, 9.17) is 4.98 Å². The van der Waals surface area contributed by atoms with Crippen LogP contribution < -0.4 is 5.32 Å². The molecule has 1 aliphatic rings. The molecule has 0 saturated heterocycles. The zero-order chi connectivity index (χ0) is 15.8. The maximum atomic E-state index is 4.90. The molecule has 23 heavy (non-hydrogen) atoms. The predicted octanol–water partition coefficient (Wildman–Crippen LogP) is 5.98. The van der Waals surface area contributed by atoms with Crippen LogP contribution in [0.2, 0.25) is 0 Å². The van der Waals surface area contributed by atoms with Crippen molar-refractivity contribution in [1.29, 1.82) is 0 Å². The second-order valence-corrected chi connectivity index (χ2v) is 6.79. The van der Waals surface area contributed by atoms with Crippen LogP contribution in [0.4, 0.5) is 11.5 Å². The molecule has 4 rings (SSSR count). The van der Waals surface area contributed by atoms with Gasteiger partial charge in [-0.15, -0.1) is 0 Å². The summed E-state index contributed by atoms with van der Waals surface area (Å²) in [6.07, 6.45) is 2.54. The molecule has 116 valence electrons. The minimum Gasteiger partial charge on any atom is -0.340 e. The van der Waals surface area contributed by atoms with Crippen molar-refractivity contribution in [3.8, 4) is 0 Å². The molecule has 0 atom stereocenters. The molecule has 2 nitrogen and oxygen atoms in total. The number of hydrogen-bond acceptors (Lipinski definition) is 2. The molecule has 0 aliphatic heterocycles. The molecule has 0 radical (unpaired) electrons. The van der Waals surface area contributed by atoms with E-state index in [0.717, 1.165) is 11.5 Å². The molecule has 1 fully saturated rings. The van der Waals surface area contributed by atoms with E-state index in [-0.39, 0.29) is 0 Å². The van der Waals surface area contributed by atoms with Crippen LogP contribution in [0, 0.1) is 0 Å². The summed E-state index contributed by atoms with van der Waals surface area (Å²) in [6.45, 7) is 4.44. The Hall–Kier alpha value is -2.35. The number of aromatic nitrogens is 1. The van der Waals surface area contributed by atoms with E-state index in [1.165, 1.54) is 34.9 Å². The van der Waals surface area contributed by atoms with Gasteiger partial charge in [0.25, 0.3) is 0 Å². The Morgan fingerprint density at radius 1 is 1.00 bits per heavy atom. The first-order valence-corrected chi connectivity index (χ1v) is 8.47. The molecular weight excluding hydrogens is 280 g/mol. The highest BCUT2D eigenvalue weighted by Gasteiger charge is 2.25. The minimum atomic E-state index is 0.557. The Labute approximate surface area is 137 Å². The fourth-order valence-corrected chi connectivity index (χ4v) is 2.99. The topological polar surface area (TPSA) is 24.9 Å². The van der Waals surface area contributed by atoms with Crippen LogP contribution >= 0.6 is 0 Å². The van der Waals surface area contributed by atoms with Crippen LogP contribution in [0.1, 0.15) is 49.8 Å². The van der Waals surface area contributed by atoms with Gasteiger partial charge in [-0.05, 0) is 47.9 Å². The molecule has 0 bridgehead atoms. The van der Waals surface area contributed by atoms with Crippen LogP contribution in [0.3, 0.4) is 0 Å². The summed E-state index contributed by atoms with van der Waals surface area (Å²) < 4.78 is 0. The zero-order valence-electron chi connectivity index (χ0n) is 13.7. The van der Waals surface area contributed by atoms with Crippen molar-refractivity contribution in [3.63, 3.8) is 0 Å². The van der Waals surface area contributed by atoms with Crippen molar-refractivity contribution < 1.29 is 0 Å². The highest BCUT2D eigenvalue weighted by Crippen LogP contribution is 2.41. The number of benzene rings is 2. The van der Waals surface area contributed by atoms with E-state index in [9.17, 15) is 0 Å². The monoisotopic (exact) mass is 302 g/mol. The number of hydrogen-bond donors (Lipinski definition) is 1. The Kier molecular flexibility index (Phi) is 3.53. The largest absolute Gasteiger partial charge is 0.340 e. The number of pyridine rings is 1. The van der Waals surface area contributed by atoms with Gasteiger partial charge in [-0.2, -0.15) is 0 Å². The lowest BCUT2D eigenvalue weighted by Gasteiger charge is -2.12. The first-order valence-electron chi connectivity index (χ1n) is 8.47. The summed E-state index contributed by atoms with van der Waals surface area (Å²) in [7, 11) is 0. The summed E-state index contributed by atoms with van der Waals surface area (Å²) in [5.41, 5.74) is 3.69. The third-order valence-electron chi connectivity index (χ3n) is 4.60. The summed E-state index contributed by atoms with van der Waals surface area (Å²) in [4.78, 5) is 4.90. The molecule has 1 aromatic heterocycles. The van der Waals surface area contributed by atoms with E-state index >= 15 is 0 Å². The van der Waals surface area contributed by atoms with Crippen molar-refractivity contribution in [2.75, 3.05) is 5.32 Å². The van der Waals surface area contributed by atoms with Gasteiger partial charge in [-0.25, -0.2) is 4.98 Å². The number of nitrogens with zero attached hydrogens (tertiary/aromatic N) is 1. The summed E-state index contributed by atoms with van der Waals surface area (Å²) >= 11 is 0. The van der Waals surface area contributed by atoms with Crippen LogP contribution in [0.15, 0.2) is 54.6 Å². The summed E-state index contributed by atoms with van der Waals surface area (Å²) in [5.74, 6) is 2.19. The maximum absolute atomic E-state index is 4.90. The van der Waals surface area contributed by atoms with E-state index in [0.29, 0.717) is 11.8 Å². The number of fused-ring (bicyclic) bond motifs is 1. The highest BCUT2D eigenvalue weighted by molar-refractivity contribution is 5.93. The smallest absolute Gasteiger partial charge is 0.138 e. The second-order valence-electron chi connectivity index (χ2n) is 6.79. The molecule has 0 spiro atoms. The van der Waals surface area contributed by atoms with Gasteiger partial charge < -0.3 is 5.32 Å². The fraction of sp³-hybridized carbons (Fsp3) is 0.286. The lowest BCUT2D eigenvalue weighted by Crippen LogP contribution is -1.98. The standard InChI is InChI=1S/C21H22N2/c1-14(2)15-9-11-18(12-10-15)22-21-19-6-4-3-5-17(19)13-20(23-21)16-7-8-16/h3-6,9-14,16H,7-8H2,1-2H3,(H,22,23). The Morgan fingerprint density at radius 2 is 1.74 bits per heavy atom. The molecule has 0 unspecified atom stereocenters. The Bertz CT molecular complexity index is 830. The normalized spacial score (nSPS) is 14.4. The van der Waals surface area contributed by atoms with Gasteiger partial charge in [0.15, 0.2) is 0 Å². The second kappa shape index (κ2) is 5.69. The van der Waals surface area contributed by atoms with Crippen molar-refractivity contribution in [2.24, 2.45) is 0 Å². The van der Waals surface area contributed by atoms with Gasteiger partial charge in [0.1, 0.15) is 5.82 Å². The first-order chi connectivity index (χ1) is 11.2. The van der Waals surface area contributed by atoms with Gasteiger partial charge in [0.05, 0.1) is 0 Å². The van der Waals surface area contributed by atoms with Crippen LogP contribution in [0.5, 0.6) is 0 Å². The van der Waals surface area contributed by atoms with Gasteiger partial charge >= 0.3 is 0 Å². The molecule has 1 saturated carbocycles. The quantitative estimate of drug-likeness (QED) is 0.641. The SMILES string of the molecule is CC(C)c1ccc(Nc2nc(C3CC3)cc3ccccc23)cc1. The molecule has 3 aromatic rings. The van der Waals surface area contributed by atoms with E-state index in [1.807, 2.05) is 0 Å². The van der Waals surface area contributed by atoms with Crippen molar-refractivity contribution >= 4 is 22.3 Å². The van der Waals surface area contributed by atoms with E-state index in [1.54, 1.807) is 0 Å². The fourth-order valence-electron chi connectivity index (χ4n) is 2.99. The van der Waals surface area contributed by atoms with Gasteiger partial charge in [0, 0.05) is 22.7 Å². The average Bonchev–Trinajstić information content (AvgIpc) is 3.40. The third-order valence-corrected chi connectivity index (χ3v) is 4.60. The summed E-state index contributed by atoms with van der Waals surface area (Å²) in [6, 6.07) is 19.4. The lowest BCUT2D eigenvalue weighted by atomic mass is 10.0. The van der Waals surface area contributed by atoms with Crippen LogP contribution in [-0.2, 0) is 0 Å². The molecular formula is C21H22N2. The lowest BCUT2D eigenvalue weighted by molar-refractivity contribution is 0.867. The van der Waals surface area contributed by atoms with Gasteiger partial charge in [-0.3, -0.25) is 0 Å². The molecule has 1 N–H and O–H groups in total. The van der Waals surface area contributed by atoms with Crippen molar-refractivity contribution in [2.45, 2.75) is 38.5 Å². The van der Waals surface area contributed by atoms with Crippen LogP contribution in [0.25, 0.3) is 10.8 Å². The Morgan fingerprint density at radius 3 is 2.43 bits per heavy atom.